The van der Waals surface area contributed by atoms with Gasteiger partial charge >= 0.3 is 5.97 Å². The number of aliphatic carboxylic acids is 1. The minimum atomic E-state index is -0.825. The van der Waals surface area contributed by atoms with Crippen LogP contribution in [-0.4, -0.2) is 11.1 Å². The number of carboxylic acids is 1. The van der Waals surface area contributed by atoms with Gasteiger partial charge in [0.05, 0.1) is 0 Å². The average molecular weight is 248 g/mol. The maximum Gasteiger partial charge on any atom is 0.331 e. The Bertz CT molecular complexity index is 407. The molecule has 0 aromatic carbocycles. The van der Waals surface area contributed by atoms with Gasteiger partial charge in [0.15, 0.2) is 0 Å². The van der Waals surface area contributed by atoms with Crippen molar-refractivity contribution in [3.05, 3.63) is 23.8 Å². The minimum Gasteiger partial charge on any atom is -0.478 e. The van der Waals surface area contributed by atoms with Gasteiger partial charge in [-0.1, -0.05) is 32.1 Å². The summed E-state index contributed by atoms with van der Waals surface area (Å²) < 4.78 is 0. The third-order valence-electron chi connectivity index (χ3n) is 5.48. The molecule has 0 spiro atoms. The SMILES string of the molecule is C=C(C(=O)O)C1CC[C@@H](C)[C@]2(C)CCC(C)=C[C@H]12. The van der Waals surface area contributed by atoms with Crippen molar-refractivity contribution in [3.8, 4) is 0 Å². The second kappa shape index (κ2) is 4.56. The first-order valence-corrected chi connectivity index (χ1v) is 6.95. The van der Waals surface area contributed by atoms with E-state index in [4.69, 9.17) is 0 Å². The first kappa shape index (κ1) is 13.4. The lowest BCUT2D eigenvalue weighted by molar-refractivity contribution is -0.134. The van der Waals surface area contributed by atoms with Gasteiger partial charge < -0.3 is 5.11 Å². The summed E-state index contributed by atoms with van der Waals surface area (Å²) in [4.78, 5) is 11.2. The Kier molecular flexibility index (Phi) is 3.39. The summed E-state index contributed by atoms with van der Waals surface area (Å²) in [7, 11) is 0. The van der Waals surface area contributed by atoms with Crippen molar-refractivity contribution in [1.29, 1.82) is 0 Å². The van der Waals surface area contributed by atoms with Crippen LogP contribution in [0.25, 0.3) is 0 Å². The molecule has 0 saturated heterocycles. The molecule has 0 bridgehead atoms. The normalized spacial score (nSPS) is 39.7. The van der Waals surface area contributed by atoms with Gasteiger partial charge in [-0.25, -0.2) is 4.79 Å². The molecule has 2 heteroatoms. The van der Waals surface area contributed by atoms with Crippen LogP contribution in [0.5, 0.6) is 0 Å². The fraction of sp³-hybridized carbons (Fsp3) is 0.688. The monoisotopic (exact) mass is 248 g/mol. The highest BCUT2D eigenvalue weighted by Crippen LogP contribution is 2.55. The minimum absolute atomic E-state index is 0.124. The van der Waals surface area contributed by atoms with Gasteiger partial charge in [0.2, 0.25) is 0 Å². The molecule has 2 aliphatic carbocycles. The van der Waals surface area contributed by atoms with E-state index in [2.05, 4.69) is 33.4 Å². The summed E-state index contributed by atoms with van der Waals surface area (Å²) in [6.07, 6.45) is 6.76. The third kappa shape index (κ3) is 2.02. The van der Waals surface area contributed by atoms with Crippen LogP contribution in [0.4, 0.5) is 0 Å². The van der Waals surface area contributed by atoms with Crippen LogP contribution in [0, 0.1) is 23.2 Å². The summed E-state index contributed by atoms with van der Waals surface area (Å²) in [6.45, 7) is 10.6. The molecule has 0 aromatic heterocycles. The summed E-state index contributed by atoms with van der Waals surface area (Å²) in [5, 5.41) is 9.22. The first-order valence-electron chi connectivity index (χ1n) is 6.95. The molecule has 0 radical (unpaired) electrons. The summed E-state index contributed by atoms with van der Waals surface area (Å²) in [5.41, 5.74) is 2.07. The van der Waals surface area contributed by atoms with Crippen LogP contribution in [0.2, 0.25) is 0 Å². The smallest absolute Gasteiger partial charge is 0.331 e. The molecule has 1 N–H and O–H groups in total. The van der Waals surface area contributed by atoms with Crippen molar-refractivity contribution in [2.45, 2.75) is 46.5 Å². The number of carboxylic acid groups (broad SMARTS) is 1. The third-order valence-corrected chi connectivity index (χ3v) is 5.48. The summed E-state index contributed by atoms with van der Waals surface area (Å²) in [5.74, 6) is 0.329. The molecule has 1 unspecified atom stereocenters. The number of allylic oxidation sites excluding steroid dienone is 2. The molecule has 2 aliphatic rings. The molecule has 0 heterocycles. The van der Waals surface area contributed by atoms with Crippen molar-refractivity contribution in [3.63, 3.8) is 0 Å². The molecule has 1 fully saturated rings. The molecule has 100 valence electrons. The fourth-order valence-electron chi connectivity index (χ4n) is 3.85. The molecule has 0 aliphatic heterocycles. The van der Waals surface area contributed by atoms with Crippen LogP contribution < -0.4 is 0 Å². The second-order valence-electron chi connectivity index (χ2n) is 6.46. The highest BCUT2D eigenvalue weighted by Gasteiger charge is 2.48. The molecular weight excluding hydrogens is 224 g/mol. The molecule has 0 amide bonds. The molecule has 2 nitrogen and oxygen atoms in total. The van der Waals surface area contributed by atoms with Gasteiger partial charge in [0, 0.05) is 5.57 Å². The second-order valence-corrected chi connectivity index (χ2v) is 6.46. The number of carbonyl (C=O) groups is 1. The first-order chi connectivity index (χ1) is 8.36. The lowest BCUT2D eigenvalue weighted by atomic mass is 9.53. The van der Waals surface area contributed by atoms with E-state index in [1.165, 1.54) is 12.0 Å². The van der Waals surface area contributed by atoms with Gasteiger partial charge in [-0.15, -0.1) is 0 Å². The summed E-state index contributed by atoms with van der Waals surface area (Å²) >= 11 is 0. The van der Waals surface area contributed by atoms with E-state index in [1.807, 2.05) is 0 Å². The number of hydrogen-bond acceptors (Lipinski definition) is 1. The maximum atomic E-state index is 11.2. The van der Waals surface area contributed by atoms with E-state index in [1.54, 1.807) is 0 Å². The Balaban J connectivity index is 2.36. The van der Waals surface area contributed by atoms with E-state index in [9.17, 15) is 9.90 Å². The zero-order valence-corrected chi connectivity index (χ0v) is 11.7. The zero-order chi connectivity index (χ0) is 13.5. The van der Waals surface area contributed by atoms with E-state index in [0.717, 1.165) is 19.3 Å². The maximum absolute atomic E-state index is 11.2. The zero-order valence-electron chi connectivity index (χ0n) is 11.7. The van der Waals surface area contributed by atoms with Crippen LogP contribution in [0.3, 0.4) is 0 Å². The highest BCUT2D eigenvalue weighted by atomic mass is 16.4. The van der Waals surface area contributed by atoms with Crippen LogP contribution >= 0.6 is 0 Å². The molecule has 2 rings (SSSR count). The van der Waals surface area contributed by atoms with E-state index < -0.39 is 5.97 Å². The van der Waals surface area contributed by atoms with Crippen LogP contribution in [0.15, 0.2) is 23.8 Å². The summed E-state index contributed by atoms with van der Waals surface area (Å²) in [6, 6.07) is 0. The van der Waals surface area contributed by atoms with Gasteiger partial charge in [-0.3, -0.25) is 0 Å². The molecule has 4 atom stereocenters. The lowest BCUT2D eigenvalue weighted by Crippen LogP contribution is -2.44. The van der Waals surface area contributed by atoms with Crippen molar-refractivity contribution < 1.29 is 9.90 Å². The molecule has 1 saturated carbocycles. The Labute approximate surface area is 110 Å². The average Bonchev–Trinajstić information content (AvgIpc) is 2.31. The molecular formula is C16H24O2. The standard InChI is InChI=1S/C16H24O2/c1-10-7-8-16(4)11(2)5-6-13(14(16)9-10)12(3)15(17)18/h9,11,13-14H,3,5-8H2,1-2,4H3,(H,17,18)/t11-,13?,14-,16+/m1/s1. The van der Waals surface area contributed by atoms with Crippen molar-refractivity contribution >= 4 is 5.97 Å². The number of hydrogen-bond donors (Lipinski definition) is 1. The molecule has 0 aromatic rings. The number of fused-ring (bicyclic) bond motifs is 1. The number of rotatable bonds is 2. The van der Waals surface area contributed by atoms with E-state index >= 15 is 0 Å². The predicted molar refractivity (Wildman–Crippen MR) is 73.3 cm³/mol. The van der Waals surface area contributed by atoms with Gasteiger partial charge in [0.25, 0.3) is 0 Å². The Morgan fingerprint density at radius 3 is 2.78 bits per heavy atom. The van der Waals surface area contributed by atoms with Crippen LogP contribution in [-0.2, 0) is 4.79 Å². The Morgan fingerprint density at radius 2 is 2.17 bits per heavy atom. The van der Waals surface area contributed by atoms with Crippen LogP contribution in [0.1, 0.15) is 46.5 Å². The van der Waals surface area contributed by atoms with Gasteiger partial charge in [-0.05, 0) is 55.8 Å². The predicted octanol–water partition coefficient (Wildman–Crippen LogP) is 4.04. The Morgan fingerprint density at radius 1 is 1.50 bits per heavy atom. The topological polar surface area (TPSA) is 37.3 Å². The largest absolute Gasteiger partial charge is 0.478 e. The van der Waals surface area contributed by atoms with Gasteiger partial charge in [0.1, 0.15) is 0 Å². The molecule has 18 heavy (non-hydrogen) atoms. The fourth-order valence-corrected chi connectivity index (χ4v) is 3.85. The van der Waals surface area contributed by atoms with Gasteiger partial charge in [-0.2, -0.15) is 0 Å². The van der Waals surface area contributed by atoms with E-state index in [0.29, 0.717) is 17.4 Å². The highest BCUT2D eigenvalue weighted by molar-refractivity contribution is 5.86. The lowest BCUT2D eigenvalue weighted by Gasteiger charge is -2.52. The van der Waals surface area contributed by atoms with Crippen molar-refractivity contribution in [2.75, 3.05) is 0 Å². The van der Waals surface area contributed by atoms with Crippen molar-refractivity contribution in [1.82, 2.24) is 0 Å². The Hall–Kier alpha value is -1.05. The quantitative estimate of drug-likeness (QED) is 0.591. The van der Waals surface area contributed by atoms with Crippen molar-refractivity contribution in [2.24, 2.45) is 23.2 Å². The van der Waals surface area contributed by atoms with E-state index in [-0.39, 0.29) is 11.3 Å².